The number of nitrogens with two attached hydrogens (primary N) is 1. The fourth-order valence-electron chi connectivity index (χ4n) is 2.20. The number of anilines is 1. The van der Waals surface area contributed by atoms with Gasteiger partial charge in [-0.25, -0.2) is 0 Å². The molecule has 0 bridgehead atoms. The Hall–Kier alpha value is -2.69. The van der Waals surface area contributed by atoms with Crippen molar-refractivity contribution in [3.63, 3.8) is 0 Å². The van der Waals surface area contributed by atoms with Gasteiger partial charge >= 0.3 is 0 Å². The van der Waals surface area contributed by atoms with Crippen molar-refractivity contribution in [2.24, 2.45) is 0 Å². The predicted molar refractivity (Wildman–Crippen MR) is 77.2 cm³/mol. The smallest absolute Gasteiger partial charge is 0.270 e. The van der Waals surface area contributed by atoms with E-state index in [1.807, 2.05) is 30.3 Å². The Balaban J connectivity index is 1.84. The molecular weight excluding hydrogens is 254 g/mol. The lowest BCUT2D eigenvalue weighted by atomic mass is 10.2. The molecule has 3 rings (SSSR count). The molecule has 0 unspecified atom stereocenters. The third-order valence-electron chi connectivity index (χ3n) is 3.22. The fourth-order valence-corrected chi connectivity index (χ4v) is 2.20. The average molecular weight is 269 g/mol. The SMILES string of the molecule is CN(Cc1ccoc1)C(=O)c1cc2cc(N)ccc2[nH]1. The summed E-state index contributed by atoms with van der Waals surface area (Å²) < 4.78 is 5.00. The number of hydrogen-bond acceptors (Lipinski definition) is 3. The first-order valence-electron chi connectivity index (χ1n) is 6.28. The first-order chi connectivity index (χ1) is 9.63. The molecule has 0 atom stereocenters. The molecule has 2 heterocycles. The van der Waals surface area contributed by atoms with Crippen molar-refractivity contribution in [3.05, 3.63) is 54.1 Å². The van der Waals surface area contributed by atoms with E-state index in [1.54, 1.807) is 24.5 Å². The lowest BCUT2D eigenvalue weighted by molar-refractivity contribution is 0.0780. The Labute approximate surface area is 116 Å². The summed E-state index contributed by atoms with van der Waals surface area (Å²) in [6, 6.07) is 9.19. The van der Waals surface area contributed by atoms with Crippen molar-refractivity contribution < 1.29 is 9.21 Å². The number of nitrogens with one attached hydrogen (secondary N) is 1. The molecule has 3 N–H and O–H groups in total. The van der Waals surface area contributed by atoms with Gasteiger partial charge in [-0.05, 0) is 30.3 Å². The summed E-state index contributed by atoms with van der Waals surface area (Å²) in [5.41, 5.74) is 8.84. The van der Waals surface area contributed by atoms with E-state index in [2.05, 4.69) is 4.98 Å². The molecule has 0 saturated carbocycles. The third-order valence-corrected chi connectivity index (χ3v) is 3.22. The molecular formula is C15H15N3O2. The van der Waals surface area contributed by atoms with Crippen LogP contribution >= 0.6 is 0 Å². The standard InChI is InChI=1S/C15H15N3O2/c1-18(8-10-4-5-20-9-10)15(19)14-7-11-6-12(16)2-3-13(11)17-14/h2-7,9,17H,8,16H2,1H3. The Kier molecular flexibility index (Phi) is 2.95. The van der Waals surface area contributed by atoms with Crippen molar-refractivity contribution in [1.82, 2.24) is 9.88 Å². The first-order valence-corrected chi connectivity index (χ1v) is 6.28. The molecule has 0 aliphatic carbocycles. The van der Waals surface area contributed by atoms with Crippen LogP contribution in [0.1, 0.15) is 16.1 Å². The summed E-state index contributed by atoms with van der Waals surface area (Å²) in [6.07, 6.45) is 3.23. The Morgan fingerprint density at radius 1 is 1.35 bits per heavy atom. The molecule has 5 heteroatoms. The second-order valence-electron chi connectivity index (χ2n) is 4.82. The van der Waals surface area contributed by atoms with E-state index in [9.17, 15) is 4.79 Å². The number of rotatable bonds is 3. The predicted octanol–water partition coefficient (Wildman–Crippen LogP) is 2.62. The highest BCUT2D eigenvalue weighted by Crippen LogP contribution is 2.19. The number of aromatic nitrogens is 1. The second-order valence-corrected chi connectivity index (χ2v) is 4.82. The molecule has 0 aliphatic heterocycles. The molecule has 0 spiro atoms. The van der Waals surface area contributed by atoms with E-state index in [0.29, 0.717) is 17.9 Å². The molecule has 20 heavy (non-hydrogen) atoms. The normalized spacial score (nSPS) is 10.8. The van der Waals surface area contributed by atoms with Crippen molar-refractivity contribution in [2.45, 2.75) is 6.54 Å². The number of aromatic amines is 1. The number of nitrogens with zero attached hydrogens (tertiary/aromatic N) is 1. The summed E-state index contributed by atoms with van der Waals surface area (Å²) in [7, 11) is 1.76. The van der Waals surface area contributed by atoms with Crippen LogP contribution in [0.3, 0.4) is 0 Å². The highest BCUT2D eigenvalue weighted by Gasteiger charge is 2.15. The zero-order valence-electron chi connectivity index (χ0n) is 11.1. The zero-order chi connectivity index (χ0) is 14.1. The number of benzene rings is 1. The minimum atomic E-state index is -0.0685. The van der Waals surface area contributed by atoms with E-state index in [1.165, 1.54) is 0 Å². The van der Waals surface area contributed by atoms with Gasteiger partial charge in [0.05, 0.1) is 12.5 Å². The number of amides is 1. The first kappa shape index (κ1) is 12.3. The van der Waals surface area contributed by atoms with Gasteiger partial charge in [-0.2, -0.15) is 0 Å². The lowest BCUT2D eigenvalue weighted by Crippen LogP contribution is -2.26. The van der Waals surface area contributed by atoms with Gasteiger partial charge in [-0.15, -0.1) is 0 Å². The van der Waals surface area contributed by atoms with Crippen LogP contribution in [0.25, 0.3) is 10.9 Å². The molecule has 1 aromatic carbocycles. The van der Waals surface area contributed by atoms with Crippen LogP contribution < -0.4 is 5.73 Å². The minimum absolute atomic E-state index is 0.0685. The minimum Gasteiger partial charge on any atom is -0.472 e. The Morgan fingerprint density at radius 3 is 2.95 bits per heavy atom. The number of carbonyl (C=O) groups is 1. The van der Waals surface area contributed by atoms with Crippen molar-refractivity contribution in [1.29, 1.82) is 0 Å². The molecule has 102 valence electrons. The van der Waals surface area contributed by atoms with Crippen LogP contribution in [0.4, 0.5) is 5.69 Å². The fraction of sp³-hybridized carbons (Fsp3) is 0.133. The molecule has 1 amide bonds. The van der Waals surface area contributed by atoms with Crippen molar-refractivity contribution in [2.75, 3.05) is 12.8 Å². The molecule has 2 aromatic heterocycles. The maximum Gasteiger partial charge on any atom is 0.270 e. The van der Waals surface area contributed by atoms with Crippen LogP contribution in [-0.4, -0.2) is 22.8 Å². The monoisotopic (exact) mass is 269 g/mol. The maximum absolute atomic E-state index is 12.4. The molecule has 5 nitrogen and oxygen atoms in total. The summed E-state index contributed by atoms with van der Waals surface area (Å²) >= 11 is 0. The van der Waals surface area contributed by atoms with Crippen LogP contribution in [0.2, 0.25) is 0 Å². The molecule has 0 fully saturated rings. The maximum atomic E-state index is 12.4. The van der Waals surface area contributed by atoms with E-state index < -0.39 is 0 Å². The van der Waals surface area contributed by atoms with Gasteiger partial charge < -0.3 is 20.0 Å². The second kappa shape index (κ2) is 4.77. The number of furan rings is 1. The van der Waals surface area contributed by atoms with Crippen LogP contribution in [0, 0.1) is 0 Å². The summed E-state index contributed by atoms with van der Waals surface area (Å²) in [4.78, 5) is 17.1. The van der Waals surface area contributed by atoms with Crippen LogP contribution in [0.5, 0.6) is 0 Å². The third kappa shape index (κ3) is 2.25. The Bertz CT molecular complexity index is 744. The van der Waals surface area contributed by atoms with Gasteiger partial charge in [0.2, 0.25) is 0 Å². The zero-order valence-corrected chi connectivity index (χ0v) is 11.1. The van der Waals surface area contributed by atoms with E-state index >= 15 is 0 Å². The average Bonchev–Trinajstić information content (AvgIpc) is 3.06. The van der Waals surface area contributed by atoms with Crippen LogP contribution in [0.15, 0.2) is 47.3 Å². The summed E-state index contributed by atoms with van der Waals surface area (Å²) in [5.74, 6) is -0.0685. The van der Waals surface area contributed by atoms with E-state index in [0.717, 1.165) is 16.5 Å². The van der Waals surface area contributed by atoms with Crippen LogP contribution in [-0.2, 0) is 6.54 Å². The highest BCUT2D eigenvalue weighted by molar-refractivity contribution is 5.98. The van der Waals surface area contributed by atoms with E-state index in [-0.39, 0.29) is 5.91 Å². The van der Waals surface area contributed by atoms with Gasteiger partial charge in [0, 0.05) is 35.7 Å². The van der Waals surface area contributed by atoms with Crippen molar-refractivity contribution >= 4 is 22.5 Å². The van der Waals surface area contributed by atoms with Gasteiger partial charge in [0.1, 0.15) is 5.69 Å². The lowest BCUT2D eigenvalue weighted by Gasteiger charge is -2.14. The topological polar surface area (TPSA) is 75.3 Å². The molecule has 3 aromatic rings. The number of nitrogen functional groups attached to an aromatic ring is 1. The molecule has 0 aliphatic rings. The van der Waals surface area contributed by atoms with Gasteiger partial charge in [-0.3, -0.25) is 4.79 Å². The number of H-pyrrole nitrogens is 1. The van der Waals surface area contributed by atoms with Crippen molar-refractivity contribution in [3.8, 4) is 0 Å². The number of carbonyl (C=O) groups excluding carboxylic acids is 1. The summed E-state index contributed by atoms with van der Waals surface area (Å²) in [5, 5.41) is 0.935. The number of fused-ring (bicyclic) bond motifs is 1. The highest BCUT2D eigenvalue weighted by atomic mass is 16.3. The van der Waals surface area contributed by atoms with Gasteiger partial charge in [-0.1, -0.05) is 0 Å². The summed E-state index contributed by atoms with van der Waals surface area (Å²) in [6.45, 7) is 0.507. The molecule has 0 saturated heterocycles. The quantitative estimate of drug-likeness (QED) is 0.718. The Morgan fingerprint density at radius 2 is 2.20 bits per heavy atom. The number of hydrogen-bond donors (Lipinski definition) is 2. The molecule has 0 radical (unpaired) electrons. The van der Waals surface area contributed by atoms with E-state index in [4.69, 9.17) is 10.2 Å². The van der Waals surface area contributed by atoms with Gasteiger partial charge in [0.25, 0.3) is 5.91 Å². The van der Waals surface area contributed by atoms with Gasteiger partial charge in [0.15, 0.2) is 0 Å². The largest absolute Gasteiger partial charge is 0.472 e.